The van der Waals surface area contributed by atoms with E-state index in [1.807, 2.05) is 25.1 Å². The van der Waals surface area contributed by atoms with Gasteiger partial charge in [-0.25, -0.2) is 8.42 Å². The van der Waals surface area contributed by atoms with E-state index in [2.05, 4.69) is 0 Å². The van der Waals surface area contributed by atoms with Crippen LogP contribution >= 0.6 is 0 Å². The minimum Gasteiger partial charge on any atom is -0.486 e. The first-order chi connectivity index (χ1) is 15.5. The number of hydrogen-bond donors (Lipinski definition) is 0. The lowest BCUT2D eigenvalue weighted by Gasteiger charge is -2.26. The summed E-state index contributed by atoms with van der Waals surface area (Å²) in [6.45, 7) is 4.77. The zero-order valence-electron chi connectivity index (χ0n) is 18.5. The van der Waals surface area contributed by atoms with Crippen LogP contribution < -0.4 is 9.47 Å². The summed E-state index contributed by atoms with van der Waals surface area (Å²) in [5.41, 5.74) is 1.23. The van der Waals surface area contributed by atoms with Gasteiger partial charge in [-0.1, -0.05) is 31.0 Å². The lowest BCUT2D eigenvalue weighted by Crippen LogP contribution is -2.33. The quantitative estimate of drug-likeness (QED) is 0.660. The minimum atomic E-state index is -3.62. The third-order valence-electron chi connectivity index (χ3n) is 5.96. The summed E-state index contributed by atoms with van der Waals surface area (Å²) >= 11 is 0. The van der Waals surface area contributed by atoms with Crippen molar-refractivity contribution in [3.63, 3.8) is 0 Å². The normalized spacial score (nSPS) is 16.9. The van der Waals surface area contributed by atoms with Crippen LogP contribution in [0.25, 0.3) is 0 Å². The molecule has 0 N–H and O–H groups in total. The summed E-state index contributed by atoms with van der Waals surface area (Å²) in [6.07, 6.45) is 3.84. The molecule has 1 fully saturated rings. The number of hydrogen-bond acceptors (Lipinski definition) is 5. The fourth-order valence-electron chi connectivity index (χ4n) is 4.19. The molecule has 32 heavy (non-hydrogen) atoms. The number of rotatable bonds is 6. The molecule has 2 aromatic carbocycles. The molecule has 0 unspecified atom stereocenters. The number of ether oxygens (including phenoxy) is 2. The Morgan fingerprint density at radius 3 is 2.47 bits per heavy atom. The summed E-state index contributed by atoms with van der Waals surface area (Å²) in [7, 11) is -3.62. The number of nitrogens with zero attached hydrogens (tertiary/aromatic N) is 2. The van der Waals surface area contributed by atoms with E-state index in [9.17, 15) is 13.2 Å². The standard InChI is InChI=1S/C24H30N2O5S/c1-2-25(18-20-10-8-12-22-23(20)31-16-15-30-22)24(27)19-9-7-11-21(17-19)32(28,29)26-13-5-3-4-6-14-26/h7-12,17H,2-6,13-16,18H2,1H3. The fraction of sp³-hybridized carbons (Fsp3) is 0.458. The number of carbonyl (C=O) groups excluding carboxylic acids is 1. The molecule has 4 rings (SSSR count). The van der Waals surface area contributed by atoms with Crippen LogP contribution in [0.1, 0.15) is 48.5 Å². The molecule has 2 aromatic rings. The molecule has 2 aliphatic heterocycles. The van der Waals surface area contributed by atoms with E-state index < -0.39 is 10.0 Å². The third-order valence-corrected chi connectivity index (χ3v) is 7.86. The second kappa shape index (κ2) is 9.92. The van der Waals surface area contributed by atoms with Gasteiger partial charge in [-0.15, -0.1) is 0 Å². The molecule has 2 heterocycles. The van der Waals surface area contributed by atoms with Crippen molar-refractivity contribution < 1.29 is 22.7 Å². The molecule has 8 heteroatoms. The van der Waals surface area contributed by atoms with Gasteiger partial charge < -0.3 is 14.4 Å². The average Bonchev–Trinajstić information content (AvgIpc) is 3.12. The average molecular weight is 459 g/mol. The van der Waals surface area contributed by atoms with Crippen molar-refractivity contribution in [2.45, 2.75) is 44.0 Å². The lowest BCUT2D eigenvalue weighted by molar-refractivity contribution is 0.0749. The molecular weight excluding hydrogens is 428 g/mol. The molecule has 7 nitrogen and oxygen atoms in total. The lowest BCUT2D eigenvalue weighted by atomic mass is 10.1. The van der Waals surface area contributed by atoms with Gasteiger partial charge in [-0.3, -0.25) is 4.79 Å². The molecule has 0 radical (unpaired) electrons. The zero-order valence-corrected chi connectivity index (χ0v) is 19.3. The molecule has 0 bridgehead atoms. The number of amides is 1. The summed E-state index contributed by atoms with van der Waals surface area (Å²) in [5, 5.41) is 0. The zero-order chi connectivity index (χ0) is 22.6. The second-order valence-electron chi connectivity index (χ2n) is 8.11. The predicted molar refractivity (Wildman–Crippen MR) is 122 cm³/mol. The van der Waals surface area contributed by atoms with E-state index >= 15 is 0 Å². The summed E-state index contributed by atoms with van der Waals surface area (Å²) < 4.78 is 39.3. The molecular formula is C24H30N2O5S. The van der Waals surface area contributed by atoms with Crippen molar-refractivity contribution in [1.82, 2.24) is 9.21 Å². The highest BCUT2D eigenvalue weighted by atomic mass is 32.2. The highest BCUT2D eigenvalue weighted by molar-refractivity contribution is 7.89. The minimum absolute atomic E-state index is 0.176. The summed E-state index contributed by atoms with van der Waals surface area (Å²) in [5.74, 6) is 1.14. The van der Waals surface area contributed by atoms with E-state index in [1.165, 1.54) is 6.07 Å². The van der Waals surface area contributed by atoms with Gasteiger partial charge in [0, 0.05) is 37.3 Å². The highest BCUT2D eigenvalue weighted by Crippen LogP contribution is 2.34. The topological polar surface area (TPSA) is 76.1 Å². The number of fused-ring (bicyclic) bond motifs is 1. The number of para-hydroxylation sites is 1. The van der Waals surface area contributed by atoms with Crippen molar-refractivity contribution in [3.05, 3.63) is 53.6 Å². The predicted octanol–water partition coefficient (Wildman–Crippen LogP) is 3.68. The number of benzene rings is 2. The Balaban J connectivity index is 1.56. The Hall–Kier alpha value is -2.58. The van der Waals surface area contributed by atoms with Gasteiger partial charge in [-0.05, 0) is 44.0 Å². The van der Waals surface area contributed by atoms with E-state index in [1.54, 1.807) is 27.4 Å². The van der Waals surface area contributed by atoms with Gasteiger partial charge in [0.05, 0.1) is 4.90 Å². The second-order valence-corrected chi connectivity index (χ2v) is 10.0. The molecule has 0 aliphatic carbocycles. The first-order valence-electron chi connectivity index (χ1n) is 11.3. The first-order valence-corrected chi connectivity index (χ1v) is 12.7. The molecule has 1 amide bonds. The fourth-order valence-corrected chi connectivity index (χ4v) is 5.76. The van der Waals surface area contributed by atoms with Crippen molar-refractivity contribution in [2.75, 3.05) is 32.8 Å². The van der Waals surface area contributed by atoms with Crippen LogP contribution in [0.5, 0.6) is 11.5 Å². The van der Waals surface area contributed by atoms with Crippen LogP contribution in [0.2, 0.25) is 0 Å². The van der Waals surface area contributed by atoms with Gasteiger partial charge in [-0.2, -0.15) is 4.31 Å². The maximum atomic E-state index is 13.3. The summed E-state index contributed by atoms with van der Waals surface area (Å²) in [6, 6.07) is 12.1. The molecule has 0 spiro atoms. The molecule has 1 saturated heterocycles. The molecule has 0 atom stereocenters. The summed E-state index contributed by atoms with van der Waals surface area (Å²) in [4.78, 5) is 15.2. The van der Waals surface area contributed by atoms with Gasteiger partial charge in [0.2, 0.25) is 10.0 Å². The van der Waals surface area contributed by atoms with E-state index in [-0.39, 0.29) is 10.8 Å². The Morgan fingerprint density at radius 1 is 1.00 bits per heavy atom. The van der Waals surface area contributed by atoms with Crippen molar-refractivity contribution >= 4 is 15.9 Å². The maximum Gasteiger partial charge on any atom is 0.254 e. The van der Waals surface area contributed by atoms with Gasteiger partial charge in [0.15, 0.2) is 11.5 Å². The van der Waals surface area contributed by atoms with Crippen LogP contribution in [-0.4, -0.2) is 56.4 Å². The molecule has 0 saturated carbocycles. The highest BCUT2D eigenvalue weighted by Gasteiger charge is 2.27. The Morgan fingerprint density at radius 2 is 1.72 bits per heavy atom. The van der Waals surface area contributed by atoms with E-state index in [4.69, 9.17) is 9.47 Å². The van der Waals surface area contributed by atoms with E-state index in [0.29, 0.717) is 56.5 Å². The van der Waals surface area contributed by atoms with Crippen LogP contribution in [0.4, 0.5) is 0 Å². The van der Waals surface area contributed by atoms with Gasteiger partial charge >= 0.3 is 0 Å². The Bertz CT molecular complexity index is 1060. The van der Waals surface area contributed by atoms with Crippen molar-refractivity contribution in [1.29, 1.82) is 0 Å². The van der Waals surface area contributed by atoms with Crippen molar-refractivity contribution in [3.8, 4) is 11.5 Å². The van der Waals surface area contributed by atoms with Crippen LogP contribution in [-0.2, 0) is 16.6 Å². The largest absolute Gasteiger partial charge is 0.486 e. The Labute approximate surface area is 190 Å². The maximum absolute atomic E-state index is 13.3. The number of carbonyl (C=O) groups is 1. The monoisotopic (exact) mass is 458 g/mol. The van der Waals surface area contributed by atoms with Crippen molar-refractivity contribution in [2.24, 2.45) is 0 Å². The molecule has 172 valence electrons. The molecule has 0 aromatic heterocycles. The molecule has 2 aliphatic rings. The number of sulfonamides is 1. The van der Waals surface area contributed by atoms with Gasteiger partial charge in [0.25, 0.3) is 5.91 Å². The van der Waals surface area contributed by atoms with E-state index in [0.717, 1.165) is 31.2 Å². The Kier molecular flexibility index (Phi) is 7.01. The van der Waals surface area contributed by atoms with Crippen LogP contribution in [0.15, 0.2) is 47.4 Å². The first kappa shape index (κ1) is 22.6. The third kappa shape index (κ3) is 4.76. The van der Waals surface area contributed by atoms with Gasteiger partial charge in [0.1, 0.15) is 13.2 Å². The van der Waals surface area contributed by atoms with Crippen LogP contribution in [0.3, 0.4) is 0 Å². The van der Waals surface area contributed by atoms with Crippen LogP contribution in [0, 0.1) is 0 Å². The smallest absolute Gasteiger partial charge is 0.254 e. The SMILES string of the molecule is CCN(Cc1cccc2c1OCCO2)C(=O)c1cccc(S(=O)(=O)N2CCCCCC2)c1.